The highest BCUT2D eigenvalue weighted by Crippen LogP contribution is 2.27. The molecule has 6 heteroatoms. The maximum Gasteiger partial charge on any atom is 0.279 e. The summed E-state index contributed by atoms with van der Waals surface area (Å²) in [5, 5.41) is 0. The molecule has 0 N–H and O–H groups in total. The highest BCUT2D eigenvalue weighted by molar-refractivity contribution is 7.09. The molecule has 1 amide bonds. The zero-order valence-electron chi connectivity index (χ0n) is 17.5. The van der Waals surface area contributed by atoms with E-state index in [9.17, 15) is 4.79 Å². The number of hydrogen-bond donors (Lipinski definition) is 0. The molecule has 0 spiro atoms. The van der Waals surface area contributed by atoms with Crippen LogP contribution in [-0.4, -0.2) is 24.7 Å². The van der Waals surface area contributed by atoms with Crippen molar-refractivity contribution < 1.29 is 14.3 Å². The Morgan fingerprint density at radius 1 is 1.03 bits per heavy atom. The molecule has 3 rings (SSSR count). The molecule has 0 aliphatic rings. The van der Waals surface area contributed by atoms with Gasteiger partial charge in [0.1, 0.15) is 11.5 Å². The minimum atomic E-state index is -0.316. The molecular weight excluding hydrogens is 384 g/mol. The molecule has 0 unspecified atom stereocenters. The number of benzene rings is 2. The molecule has 0 bridgehead atoms. The van der Waals surface area contributed by atoms with Crippen molar-refractivity contribution in [1.29, 1.82) is 0 Å². The lowest BCUT2D eigenvalue weighted by molar-refractivity contribution is 0.0997. The third-order valence-corrected chi connectivity index (χ3v) is 5.96. The van der Waals surface area contributed by atoms with Gasteiger partial charge in [0.25, 0.3) is 5.91 Å². The molecule has 0 aliphatic carbocycles. The van der Waals surface area contributed by atoms with Crippen LogP contribution in [0.5, 0.6) is 11.5 Å². The summed E-state index contributed by atoms with van der Waals surface area (Å²) in [5.41, 5.74) is 3.93. The van der Waals surface area contributed by atoms with E-state index in [0.29, 0.717) is 21.9 Å². The Balaban J connectivity index is 2.12. The summed E-state index contributed by atoms with van der Waals surface area (Å²) in [4.78, 5) is 19.3. The molecule has 152 valence electrons. The molecule has 1 aromatic heterocycles. The average Bonchev–Trinajstić information content (AvgIpc) is 3.10. The molecule has 3 aromatic rings. The van der Waals surface area contributed by atoms with Crippen molar-refractivity contribution in [1.82, 2.24) is 4.57 Å². The number of ether oxygens (including phenoxy) is 2. The first-order valence-corrected chi connectivity index (χ1v) is 10.4. The molecule has 1 heterocycles. The maximum absolute atomic E-state index is 12.9. The molecule has 2 aromatic carbocycles. The summed E-state index contributed by atoms with van der Waals surface area (Å²) >= 11 is 1.57. The van der Waals surface area contributed by atoms with Gasteiger partial charge in [-0.25, -0.2) is 0 Å². The number of methoxy groups -OCH3 is 2. The highest BCUT2D eigenvalue weighted by atomic mass is 32.1. The smallest absolute Gasteiger partial charge is 0.279 e. The van der Waals surface area contributed by atoms with E-state index < -0.39 is 0 Å². The van der Waals surface area contributed by atoms with Crippen LogP contribution in [0.3, 0.4) is 0 Å². The van der Waals surface area contributed by atoms with E-state index in [0.717, 1.165) is 24.2 Å². The van der Waals surface area contributed by atoms with Crippen LogP contribution in [0.2, 0.25) is 0 Å². The first-order valence-electron chi connectivity index (χ1n) is 9.62. The minimum Gasteiger partial charge on any atom is -0.497 e. The lowest BCUT2D eigenvalue weighted by Crippen LogP contribution is -2.17. The van der Waals surface area contributed by atoms with Crippen molar-refractivity contribution in [3.8, 4) is 22.8 Å². The Hall–Kier alpha value is -2.86. The lowest BCUT2D eigenvalue weighted by Gasteiger charge is -2.09. The second-order valence-corrected chi connectivity index (χ2v) is 7.70. The van der Waals surface area contributed by atoms with E-state index in [2.05, 4.69) is 54.6 Å². The summed E-state index contributed by atoms with van der Waals surface area (Å²) in [6.07, 6.45) is 0.880. The van der Waals surface area contributed by atoms with Gasteiger partial charge in [0, 0.05) is 23.1 Å². The number of rotatable bonds is 6. The normalized spacial score (nSPS) is 11.6. The molecular formula is C23H26N2O3S. The zero-order valence-corrected chi connectivity index (χ0v) is 18.3. The number of carbonyl (C=O) groups excluding carboxylic acids is 1. The lowest BCUT2D eigenvalue weighted by atomic mass is 10.1. The quantitative estimate of drug-likeness (QED) is 0.583. The number of thiazole rings is 1. The molecule has 0 aliphatic heterocycles. The molecule has 0 atom stereocenters. The van der Waals surface area contributed by atoms with Gasteiger partial charge in [-0.05, 0) is 38.0 Å². The van der Waals surface area contributed by atoms with Crippen LogP contribution in [0.1, 0.15) is 34.6 Å². The van der Waals surface area contributed by atoms with E-state index in [1.165, 1.54) is 10.4 Å². The van der Waals surface area contributed by atoms with E-state index in [1.807, 2.05) is 0 Å². The van der Waals surface area contributed by atoms with Crippen molar-refractivity contribution in [2.75, 3.05) is 14.2 Å². The predicted octanol–water partition coefficient (Wildman–Crippen LogP) is 4.87. The SMILES string of the molecule is CCc1sc(=NC(=O)c2cc(OC)cc(OC)c2)n(CC)c1-c1ccc(C)cc1. The van der Waals surface area contributed by atoms with Gasteiger partial charge in [-0.15, -0.1) is 11.3 Å². The van der Waals surface area contributed by atoms with Crippen molar-refractivity contribution in [3.05, 3.63) is 63.3 Å². The van der Waals surface area contributed by atoms with Gasteiger partial charge >= 0.3 is 0 Å². The number of nitrogens with zero attached hydrogens (tertiary/aromatic N) is 2. The van der Waals surface area contributed by atoms with Gasteiger partial charge in [-0.2, -0.15) is 4.99 Å². The van der Waals surface area contributed by atoms with Gasteiger partial charge in [-0.1, -0.05) is 36.8 Å². The van der Waals surface area contributed by atoms with Crippen LogP contribution < -0.4 is 14.3 Å². The third kappa shape index (κ3) is 4.43. The molecule has 0 saturated heterocycles. The number of carbonyl (C=O) groups is 1. The van der Waals surface area contributed by atoms with Crippen molar-refractivity contribution in [2.45, 2.75) is 33.7 Å². The van der Waals surface area contributed by atoms with Gasteiger partial charge in [0.15, 0.2) is 4.80 Å². The Morgan fingerprint density at radius 2 is 1.66 bits per heavy atom. The predicted molar refractivity (Wildman–Crippen MR) is 117 cm³/mol. The molecule has 0 radical (unpaired) electrons. The molecule has 5 nitrogen and oxygen atoms in total. The summed E-state index contributed by atoms with van der Waals surface area (Å²) in [6.45, 7) is 7.01. The first kappa shape index (κ1) is 20.9. The second-order valence-electron chi connectivity index (χ2n) is 6.64. The number of amides is 1. The fourth-order valence-corrected chi connectivity index (χ4v) is 4.34. The standard InChI is InChI=1S/C23H26N2O3S/c1-6-20-21(16-10-8-15(3)9-11-16)25(7-2)23(29-20)24-22(26)17-12-18(27-4)14-19(13-17)28-5/h8-14H,6-7H2,1-5H3. The van der Waals surface area contributed by atoms with Gasteiger partial charge in [0.2, 0.25) is 0 Å². The van der Waals surface area contributed by atoms with Crippen molar-refractivity contribution >= 4 is 17.2 Å². The van der Waals surface area contributed by atoms with Crippen LogP contribution in [0.4, 0.5) is 0 Å². The Morgan fingerprint density at radius 3 is 2.17 bits per heavy atom. The van der Waals surface area contributed by atoms with E-state index in [4.69, 9.17) is 9.47 Å². The van der Waals surface area contributed by atoms with Gasteiger partial charge in [0.05, 0.1) is 19.9 Å². The summed E-state index contributed by atoms with van der Waals surface area (Å²) in [5.74, 6) is 0.808. The summed E-state index contributed by atoms with van der Waals surface area (Å²) < 4.78 is 12.7. The zero-order chi connectivity index (χ0) is 21.0. The van der Waals surface area contributed by atoms with Gasteiger partial charge in [-0.3, -0.25) is 4.79 Å². The van der Waals surface area contributed by atoms with Crippen LogP contribution in [0, 0.1) is 6.92 Å². The van der Waals surface area contributed by atoms with Crippen LogP contribution >= 0.6 is 11.3 Å². The van der Waals surface area contributed by atoms with Crippen LogP contribution in [-0.2, 0) is 13.0 Å². The fourth-order valence-electron chi connectivity index (χ4n) is 3.19. The van der Waals surface area contributed by atoms with Crippen LogP contribution in [0.15, 0.2) is 47.5 Å². The Labute approximate surface area is 175 Å². The Kier molecular flexibility index (Phi) is 6.54. The molecule has 0 fully saturated rings. The van der Waals surface area contributed by atoms with E-state index >= 15 is 0 Å². The van der Waals surface area contributed by atoms with Crippen LogP contribution in [0.25, 0.3) is 11.3 Å². The largest absolute Gasteiger partial charge is 0.497 e. The highest BCUT2D eigenvalue weighted by Gasteiger charge is 2.15. The minimum absolute atomic E-state index is 0.316. The van der Waals surface area contributed by atoms with E-state index in [-0.39, 0.29) is 5.91 Å². The van der Waals surface area contributed by atoms with Crippen molar-refractivity contribution in [3.63, 3.8) is 0 Å². The molecule has 29 heavy (non-hydrogen) atoms. The van der Waals surface area contributed by atoms with Gasteiger partial charge < -0.3 is 14.0 Å². The first-order chi connectivity index (χ1) is 14.0. The topological polar surface area (TPSA) is 52.8 Å². The number of aromatic nitrogens is 1. The second kappa shape index (κ2) is 9.09. The summed E-state index contributed by atoms with van der Waals surface area (Å²) in [6, 6.07) is 13.6. The fraction of sp³-hybridized carbons (Fsp3) is 0.304. The summed E-state index contributed by atoms with van der Waals surface area (Å²) in [7, 11) is 3.12. The average molecular weight is 411 g/mol. The third-order valence-electron chi connectivity index (χ3n) is 4.74. The monoisotopic (exact) mass is 410 g/mol. The molecule has 0 saturated carbocycles. The Bertz CT molecular complexity index is 1060. The van der Waals surface area contributed by atoms with Crippen molar-refractivity contribution in [2.24, 2.45) is 4.99 Å². The maximum atomic E-state index is 12.9. The number of hydrogen-bond acceptors (Lipinski definition) is 4. The number of aryl methyl sites for hydroxylation is 2. The van der Waals surface area contributed by atoms with E-state index in [1.54, 1.807) is 43.8 Å².